The average molecular weight is 513 g/mol. The van der Waals surface area contributed by atoms with Gasteiger partial charge in [-0.2, -0.15) is 13.2 Å². The Balaban J connectivity index is 1.94. The Morgan fingerprint density at radius 1 is 1.00 bits per heavy atom. The molecule has 0 spiro atoms. The van der Waals surface area contributed by atoms with Gasteiger partial charge in [0.15, 0.2) is 0 Å². The van der Waals surface area contributed by atoms with Crippen LogP contribution in [-0.2, 0) is 21.0 Å². The summed E-state index contributed by atoms with van der Waals surface area (Å²) in [5.41, 5.74) is -0.662. The third kappa shape index (κ3) is 6.00. The van der Waals surface area contributed by atoms with Gasteiger partial charge in [-0.05, 0) is 67.6 Å². The van der Waals surface area contributed by atoms with E-state index in [0.29, 0.717) is 5.02 Å². The molecule has 0 radical (unpaired) electrons. The quantitative estimate of drug-likeness (QED) is 0.427. The Labute approximate surface area is 200 Å². The van der Waals surface area contributed by atoms with Crippen molar-refractivity contribution in [1.29, 1.82) is 0 Å². The van der Waals surface area contributed by atoms with Crippen molar-refractivity contribution in [2.24, 2.45) is 0 Å². The second-order valence-electron chi connectivity index (χ2n) is 6.99. The highest BCUT2D eigenvalue weighted by atomic mass is 35.5. The minimum Gasteiger partial charge on any atom is -0.492 e. The molecule has 34 heavy (non-hydrogen) atoms. The largest absolute Gasteiger partial charge is 0.492 e. The van der Waals surface area contributed by atoms with Gasteiger partial charge in [0.2, 0.25) is 5.91 Å². The van der Waals surface area contributed by atoms with Gasteiger partial charge in [-0.3, -0.25) is 9.10 Å². The number of rotatable bonds is 8. The highest BCUT2D eigenvalue weighted by molar-refractivity contribution is 7.92. The molecule has 0 saturated heterocycles. The van der Waals surface area contributed by atoms with Crippen molar-refractivity contribution in [3.8, 4) is 5.75 Å². The van der Waals surface area contributed by atoms with Crippen LogP contribution in [0.5, 0.6) is 5.75 Å². The second-order valence-corrected chi connectivity index (χ2v) is 9.29. The Hall–Kier alpha value is -3.24. The number of anilines is 2. The smallest absolute Gasteiger partial charge is 0.416 e. The number of amides is 1. The van der Waals surface area contributed by atoms with Crippen molar-refractivity contribution in [3.63, 3.8) is 0 Å². The summed E-state index contributed by atoms with van der Waals surface area (Å²) in [6.45, 7) is 1.33. The van der Waals surface area contributed by atoms with Crippen molar-refractivity contribution < 1.29 is 31.1 Å². The molecule has 1 N–H and O–H groups in total. The number of carbonyl (C=O) groups is 1. The topological polar surface area (TPSA) is 75.7 Å². The van der Waals surface area contributed by atoms with E-state index >= 15 is 0 Å². The molecule has 0 aliphatic carbocycles. The predicted molar refractivity (Wildman–Crippen MR) is 124 cm³/mol. The van der Waals surface area contributed by atoms with Crippen LogP contribution in [0.2, 0.25) is 5.02 Å². The molecule has 0 aliphatic heterocycles. The fourth-order valence-electron chi connectivity index (χ4n) is 3.05. The number of hydrogen-bond donors (Lipinski definition) is 1. The van der Waals surface area contributed by atoms with E-state index in [1.165, 1.54) is 30.3 Å². The summed E-state index contributed by atoms with van der Waals surface area (Å²) in [6, 6.07) is 15.6. The zero-order chi connectivity index (χ0) is 24.9. The van der Waals surface area contributed by atoms with Crippen LogP contribution in [0.3, 0.4) is 0 Å². The number of nitrogens with one attached hydrogen (secondary N) is 1. The highest BCUT2D eigenvalue weighted by Gasteiger charge is 2.31. The lowest BCUT2D eigenvalue weighted by atomic mass is 10.2. The first kappa shape index (κ1) is 25.4. The summed E-state index contributed by atoms with van der Waals surface area (Å²) in [7, 11) is -4.24. The van der Waals surface area contributed by atoms with Crippen molar-refractivity contribution in [2.45, 2.75) is 18.0 Å². The zero-order valence-electron chi connectivity index (χ0n) is 17.8. The fourth-order valence-corrected chi connectivity index (χ4v) is 4.61. The lowest BCUT2D eigenvalue weighted by molar-refractivity contribution is -0.137. The Kier molecular flexibility index (Phi) is 7.73. The van der Waals surface area contributed by atoms with Crippen LogP contribution in [0.4, 0.5) is 24.5 Å². The maximum absolute atomic E-state index is 13.5. The number of ether oxygens (including phenoxy) is 1. The molecule has 6 nitrogen and oxygen atoms in total. The van der Waals surface area contributed by atoms with E-state index in [0.717, 1.165) is 28.6 Å². The number of sulfonamides is 1. The molecular formula is C23H20ClF3N2O4S. The third-order valence-electron chi connectivity index (χ3n) is 4.62. The molecule has 11 heteroatoms. The van der Waals surface area contributed by atoms with Gasteiger partial charge in [0, 0.05) is 10.7 Å². The van der Waals surface area contributed by atoms with E-state index < -0.39 is 34.2 Å². The Morgan fingerprint density at radius 2 is 1.62 bits per heavy atom. The molecule has 3 aromatic carbocycles. The summed E-state index contributed by atoms with van der Waals surface area (Å²) < 4.78 is 71.7. The molecule has 0 heterocycles. The molecule has 0 atom stereocenters. The van der Waals surface area contributed by atoms with Crippen LogP contribution >= 0.6 is 11.6 Å². The van der Waals surface area contributed by atoms with Gasteiger partial charge < -0.3 is 10.1 Å². The molecule has 3 rings (SSSR count). The van der Waals surface area contributed by atoms with E-state index in [1.54, 1.807) is 25.1 Å². The van der Waals surface area contributed by atoms with Gasteiger partial charge in [0.1, 0.15) is 12.3 Å². The molecule has 0 saturated carbocycles. The molecular weight excluding hydrogens is 493 g/mol. The number of nitrogens with zero attached hydrogens (tertiary/aromatic N) is 1. The number of benzene rings is 3. The molecule has 1 amide bonds. The first-order valence-electron chi connectivity index (χ1n) is 9.99. The van der Waals surface area contributed by atoms with Crippen LogP contribution in [0, 0.1) is 0 Å². The number of carbonyl (C=O) groups excluding carboxylic acids is 1. The van der Waals surface area contributed by atoms with Crippen LogP contribution in [0.1, 0.15) is 12.5 Å². The van der Waals surface area contributed by atoms with Crippen molar-refractivity contribution >= 4 is 38.9 Å². The Morgan fingerprint density at radius 3 is 2.21 bits per heavy atom. The van der Waals surface area contributed by atoms with Gasteiger partial charge in [-0.1, -0.05) is 23.7 Å². The van der Waals surface area contributed by atoms with E-state index in [1.807, 2.05) is 0 Å². The van der Waals surface area contributed by atoms with Gasteiger partial charge in [-0.25, -0.2) is 8.42 Å². The van der Waals surface area contributed by atoms with E-state index in [2.05, 4.69) is 5.32 Å². The lowest BCUT2D eigenvalue weighted by Gasteiger charge is -2.26. The average Bonchev–Trinajstić information content (AvgIpc) is 2.78. The molecule has 180 valence electrons. The molecule has 0 fully saturated rings. The number of para-hydroxylation sites is 2. The van der Waals surface area contributed by atoms with E-state index in [-0.39, 0.29) is 28.6 Å². The molecule has 0 unspecified atom stereocenters. The minimum atomic E-state index is -4.52. The van der Waals surface area contributed by atoms with Gasteiger partial charge in [-0.15, -0.1) is 0 Å². The summed E-state index contributed by atoms with van der Waals surface area (Å²) in [6.07, 6.45) is -4.52. The van der Waals surface area contributed by atoms with Crippen molar-refractivity contribution in [1.82, 2.24) is 0 Å². The van der Waals surface area contributed by atoms with Crippen LogP contribution in [0.25, 0.3) is 0 Å². The molecule has 0 aromatic heterocycles. The number of hydrogen-bond acceptors (Lipinski definition) is 4. The third-order valence-corrected chi connectivity index (χ3v) is 6.64. The number of halogens is 4. The summed E-state index contributed by atoms with van der Waals surface area (Å²) in [4.78, 5) is 12.7. The van der Waals surface area contributed by atoms with Crippen LogP contribution in [-0.4, -0.2) is 27.5 Å². The number of alkyl halides is 3. The lowest BCUT2D eigenvalue weighted by Crippen LogP contribution is -2.38. The van der Waals surface area contributed by atoms with Crippen molar-refractivity contribution in [2.75, 3.05) is 22.8 Å². The highest BCUT2D eigenvalue weighted by Crippen LogP contribution is 2.33. The van der Waals surface area contributed by atoms with Crippen LogP contribution in [0.15, 0.2) is 77.7 Å². The molecule has 3 aromatic rings. The SMILES string of the molecule is CCOc1ccccc1N(CC(=O)Nc1ccc(C(F)(F)F)cc1)S(=O)(=O)c1ccc(Cl)cc1. The van der Waals surface area contributed by atoms with Crippen molar-refractivity contribution in [3.05, 3.63) is 83.4 Å². The van der Waals surface area contributed by atoms with Gasteiger partial charge >= 0.3 is 6.18 Å². The monoisotopic (exact) mass is 512 g/mol. The predicted octanol–water partition coefficient (Wildman–Crippen LogP) is 5.59. The van der Waals surface area contributed by atoms with E-state index in [9.17, 15) is 26.4 Å². The normalized spacial score (nSPS) is 11.7. The molecule has 0 bridgehead atoms. The molecule has 0 aliphatic rings. The first-order chi connectivity index (χ1) is 16.0. The fraction of sp³-hybridized carbons (Fsp3) is 0.174. The summed E-state index contributed by atoms with van der Waals surface area (Å²) in [5, 5.41) is 2.76. The maximum atomic E-state index is 13.5. The van der Waals surface area contributed by atoms with Gasteiger partial charge in [0.25, 0.3) is 10.0 Å². The van der Waals surface area contributed by atoms with E-state index in [4.69, 9.17) is 16.3 Å². The minimum absolute atomic E-state index is 0.0833. The maximum Gasteiger partial charge on any atom is 0.416 e. The Bertz CT molecular complexity index is 1250. The van der Waals surface area contributed by atoms with Crippen LogP contribution < -0.4 is 14.4 Å². The first-order valence-corrected chi connectivity index (χ1v) is 11.8. The summed E-state index contributed by atoms with van der Waals surface area (Å²) in [5.74, 6) is -0.520. The summed E-state index contributed by atoms with van der Waals surface area (Å²) >= 11 is 5.88. The second kappa shape index (κ2) is 10.4. The standard InChI is InChI=1S/C23H20ClF3N2O4S/c1-2-33-21-6-4-3-5-20(21)29(34(31,32)19-13-9-17(24)10-14-19)15-22(30)28-18-11-7-16(8-12-18)23(25,26)27/h3-14H,2,15H2,1H3,(H,28,30). The zero-order valence-corrected chi connectivity index (χ0v) is 19.4. The van der Waals surface area contributed by atoms with Gasteiger partial charge in [0.05, 0.1) is 22.8 Å².